The maximum absolute atomic E-state index is 8.85. The molecule has 0 atom stereocenters. The van der Waals surface area contributed by atoms with Crippen molar-refractivity contribution in [1.29, 1.82) is 5.26 Å². The quantitative estimate of drug-likeness (QED) is 0.823. The van der Waals surface area contributed by atoms with E-state index in [-0.39, 0.29) is 0 Å². The number of benzene rings is 1. The molecule has 0 radical (unpaired) electrons. The van der Waals surface area contributed by atoms with E-state index in [1.54, 1.807) is 0 Å². The molecule has 2 aromatic rings. The van der Waals surface area contributed by atoms with E-state index in [4.69, 9.17) is 14.7 Å². The van der Waals surface area contributed by atoms with Crippen molar-refractivity contribution in [1.82, 2.24) is 4.98 Å². The lowest BCUT2D eigenvalue weighted by Crippen LogP contribution is -2.36. The molecule has 0 bridgehead atoms. The summed E-state index contributed by atoms with van der Waals surface area (Å²) in [7, 11) is 0. The van der Waals surface area contributed by atoms with Crippen LogP contribution in [0.3, 0.4) is 0 Å². The average molecular weight is 320 g/mol. The summed E-state index contributed by atoms with van der Waals surface area (Å²) >= 11 is 0. The highest BCUT2D eigenvalue weighted by Crippen LogP contribution is 2.36. The number of aromatic nitrogens is 1. The summed E-state index contributed by atoms with van der Waals surface area (Å²) in [5.41, 5.74) is 5.58. The number of hydrogen-bond acceptors (Lipinski definition) is 4. The summed E-state index contributed by atoms with van der Waals surface area (Å²) in [6, 6.07) is 9.58. The number of rotatable bonds is 2. The van der Waals surface area contributed by atoms with Crippen molar-refractivity contribution in [2.45, 2.75) is 40.1 Å². The second-order valence-electron chi connectivity index (χ2n) is 6.37. The molecule has 0 saturated heterocycles. The van der Waals surface area contributed by atoms with Crippen LogP contribution in [0.25, 0.3) is 12.2 Å². The molecule has 1 aliphatic heterocycles. The summed E-state index contributed by atoms with van der Waals surface area (Å²) < 4.78 is 11.7. The molecule has 1 aliphatic rings. The lowest BCUT2D eigenvalue weighted by atomic mass is 10.0. The van der Waals surface area contributed by atoms with Gasteiger partial charge in [-0.2, -0.15) is 5.26 Å². The molecule has 1 aromatic carbocycles. The molecule has 4 heteroatoms. The Bertz CT molecular complexity index is 843. The highest BCUT2D eigenvalue weighted by atomic mass is 16.7. The Hall–Kier alpha value is -2.64. The Kier molecular flexibility index (Phi) is 4.13. The van der Waals surface area contributed by atoms with Crippen molar-refractivity contribution in [2.24, 2.45) is 0 Å². The van der Waals surface area contributed by atoms with E-state index in [2.05, 4.69) is 11.1 Å². The van der Waals surface area contributed by atoms with Crippen LogP contribution in [0.2, 0.25) is 0 Å². The van der Waals surface area contributed by atoms with Crippen molar-refractivity contribution in [2.75, 3.05) is 0 Å². The van der Waals surface area contributed by atoms with E-state index in [0.717, 1.165) is 33.8 Å². The molecule has 0 N–H and O–H groups in total. The van der Waals surface area contributed by atoms with Gasteiger partial charge in [-0.25, -0.2) is 4.98 Å². The Morgan fingerprint density at radius 3 is 2.54 bits per heavy atom. The molecule has 0 aliphatic carbocycles. The first-order valence-electron chi connectivity index (χ1n) is 7.91. The minimum Gasteiger partial charge on any atom is -0.461 e. The molecule has 2 heterocycles. The number of aryl methyl sites for hydroxylation is 1. The number of ether oxygens (including phenoxy) is 2. The van der Waals surface area contributed by atoms with E-state index >= 15 is 0 Å². The number of fused-ring (bicyclic) bond motifs is 1. The van der Waals surface area contributed by atoms with Gasteiger partial charge in [0.05, 0.1) is 29.6 Å². The molecule has 24 heavy (non-hydrogen) atoms. The topological polar surface area (TPSA) is 55.1 Å². The van der Waals surface area contributed by atoms with E-state index in [9.17, 15) is 0 Å². The fourth-order valence-corrected chi connectivity index (χ4v) is 2.70. The molecule has 0 saturated carbocycles. The molecule has 0 fully saturated rings. The van der Waals surface area contributed by atoms with E-state index in [1.807, 2.05) is 64.1 Å². The zero-order valence-electron chi connectivity index (χ0n) is 14.4. The predicted molar refractivity (Wildman–Crippen MR) is 93.3 cm³/mol. The smallest absolute Gasteiger partial charge is 0.205 e. The van der Waals surface area contributed by atoms with Crippen LogP contribution in [0.1, 0.15) is 47.5 Å². The van der Waals surface area contributed by atoms with E-state index < -0.39 is 5.79 Å². The van der Waals surface area contributed by atoms with Gasteiger partial charge in [0.15, 0.2) is 0 Å². The molecule has 122 valence electrons. The third-order valence-electron chi connectivity index (χ3n) is 4.11. The van der Waals surface area contributed by atoms with Crippen molar-refractivity contribution >= 4 is 12.2 Å². The fraction of sp³-hybridized carbons (Fsp3) is 0.300. The van der Waals surface area contributed by atoms with Crippen molar-refractivity contribution in [3.63, 3.8) is 0 Å². The van der Waals surface area contributed by atoms with Gasteiger partial charge in [-0.3, -0.25) is 0 Å². The standard InChI is InChI=1S/C20H20N2O2/c1-13-17-12-23-20(3,4)24-19(17)14(2)22-18(13)10-9-15-5-7-16(11-21)8-6-15/h5-10H,12H2,1-4H3/b10-9+. The van der Waals surface area contributed by atoms with Crippen LogP contribution in [0.15, 0.2) is 24.3 Å². The molecule has 1 aromatic heterocycles. The van der Waals surface area contributed by atoms with Gasteiger partial charge in [-0.1, -0.05) is 18.2 Å². The molecule has 3 rings (SSSR count). The minimum absolute atomic E-state index is 0.523. The minimum atomic E-state index is -0.619. The second-order valence-corrected chi connectivity index (χ2v) is 6.37. The Balaban J connectivity index is 1.93. The number of hydrogen-bond donors (Lipinski definition) is 0. The molecule has 0 unspecified atom stereocenters. The highest BCUT2D eigenvalue weighted by molar-refractivity contribution is 5.71. The largest absolute Gasteiger partial charge is 0.461 e. The second kappa shape index (κ2) is 6.10. The molecule has 0 spiro atoms. The van der Waals surface area contributed by atoms with Crippen LogP contribution in [0, 0.1) is 25.2 Å². The van der Waals surface area contributed by atoms with E-state index in [0.29, 0.717) is 12.2 Å². The number of pyridine rings is 1. The first-order chi connectivity index (χ1) is 11.4. The first-order valence-corrected chi connectivity index (χ1v) is 7.91. The third kappa shape index (κ3) is 3.17. The third-order valence-corrected chi connectivity index (χ3v) is 4.11. The summed E-state index contributed by atoms with van der Waals surface area (Å²) in [5.74, 6) is 0.213. The van der Waals surface area contributed by atoms with Gasteiger partial charge in [0.1, 0.15) is 5.75 Å². The average Bonchev–Trinajstić information content (AvgIpc) is 2.56. The number of nitrogens with zero attached hydrogens (tertiary/aromatic N) is 2. The summed E-state index contributed by atoms with van der Waals surface area (Å²) in [6.07, 6.45) is 3.99. The van der Waals surface area contributed by atoms with Gasteiger partial charge < -0.3 is 9.47 Å². The fourth-order valence-electron chi connectivity index (χ4n) is 2.70. The summed E-state index contributed by atoms with van der Waals surface area (Å²) in [4.78, 5) is 4.68. The Labute approximate surface area is 142 Å². The molecule has 4 nitrogen and oxygen atoms in total. The monoisotopic (exact) mass is 320 g/mol. The van der Waals surface area contributed by atoms with Gasteiger partial charge in [-0.05, 0) is 43.2 Å². The summed E-state index contributed by atoms with van der Waals surface area (Å²) in [5, 5.41) is 8.85. The Morgan fingerprint density at radius 1 is 1.17 bits per heavy atom. The van der Waals surface area contributed by atoms with Crippen LogP contribution in [-0.4, -0.2) is 10.8 Å². The van der Waals surface area contributed by atoms with Crippen molar-refractivity contribution in [3.8, 4) is 11.8 Å². The Morgan fingerprint density at radius 2 is 1.88 bits per heavy atom. The van der Waals surface area contributed by atoms with Gasteiger partial charge in [0.25, 0.3) is 0 Å². The van der Waals surface area contributed by atoms with Crippen LogP contribution >= 0.6 is 0 Å². The lowest BCUT2D eigenvalue weighted by Gasteiger charge is -2.34. The van der Waals surface area contributed by atoms with Gasteiger partial charge in [-0.15, -0.1) is 0 Å². The summed E-state index contributed by atoms with van der Waals surface area (Å²) in [6.45, 7) is 8.33. The highest BCUT2D eigenvalue weighted by Gasteiger charge is 2.30. The normalized spacial score (nSPS) is 15.6. The molecular formula is C20H20N2O2. The van der Waals surface area contributed by atoms with Crippen LogP contribution < -0.4 is 4.74 Å². The van der Waals surface area contributed by atoms with Crippen molar-refractivity contribution in [3.05, 3.63) is 57.9 Å². The van der Waals surface area contributed by atoms with Gasteiger partial charge in [0, 0.05) is 19.4 Å². The predicted octanol–water partition coefficient (Wildman–Crippen LogP) is 4.39. The van der Waals surface area contributed by atoms with Crippen LogP contribution in [-0.2, 0) is 11.3 Å². The van der Waals surface area contributed by atoms with Gasteiger partial charge >= 0.3 is 0 Å². The maximum Gasteiger partial charge on any atom is 0.205 e. The molecule has 0 amide bonds. The number of nitriles is 1. The maximum atomic E-state index is 8.85. The molecular weight excluding hydrogens is 300 g/mol. The van der Waals surface area contributed by atoms with E-state index in [1.165, 1.54) is 0 Å². The zero-order valence-corrected chi connectivity index (χ0v) is 14.4. The van der Waals surface area contributed by atoms with Crippen LogP contribution in [0.4, 0.5) is 0 Å². The zero-order chi connectivity index (χ0) is 17.3. The van der Waals surface area contributed by atoms with Crippen LogP contribution in [0.5, 0.6) is 5.75 Å². The lowest BCUT2D eigenvalue weighted by molar-refractivity contribution is -0.180. The first kappa shape index (κ1) is 16.2. The van der Waals surface area contributed by atoms with Gasteiger partial charge in [0.2, 0.25) is 5.79 Å². The van der Waals surface area contributed by atoms with Crippen molar-refractivity contribution < 1.29 is 9.47 Å². The SMILES string of the molecule is Cc1nc(/C=C/c2ccc(C#N)cc2)c(C)c2c1OC(C)(C)OC2.